The summed E-state index contributed by atoms with van der Waals surface area (Å²) in [6.07, 6.45) is 4.72. The number of imidazole rings is 1. The molecular formula is C24H27N5S. The van der Waals surface area contributed by atoms with Crippen molar-refractivity contribution in [1.82, 2.24) is 19.4 Å². The van der Waals surface area contributed by atoms with Crippen molar-refractivity contribution in [3.05, 3.63) is 59.2 Å². The number of thioether (sulfide) groups is 1. The fourth-order valence-electron chi connectivity index (χ4n) is 4.54. The van der Waals surface area contributed by atoms with Crippen LogP contribution in [0.2, 0.25) is 0 Å². The molecule has 5 nitrogen and oxygen atoms in total. The zero-order valence-electron chi connectivity index (χ0n) is 17.6. The smallest absolute Gasteiger partial charge is 0.169 e. The van der Waals surface area contributed by atoms with Crippen molar-refractivity contribution in [3.63, 3.8) is 0 Å². The van der Waals surface area contributed by atoms with Gasteiger partial charge in [-0.3, -0.25) is 4.90 Å². The monoisotopic (exact) mass is 417 g/mol. The molecule has 2 N–H and O–H groups in total. The van der Waals surface area contributed by atoms with Gasteiger partial charge in [-0.15, -0.1) is 0 Å². The van der Waals surface area contributed by atoms with E-state index in [2.05, 4.69) is 51.9 Å². The maximum Gasteiger partial charge on any atom is 0.169 e. The second kappa shape index (κ2) is 7.93. The van der Waals surface area contributed by atoms with E-state index in [-0.39, 0.29) is 0 Å². The largest absolute Gasteiger partial charge is 0.382 e. The van der Waals surface area contributed by atoms with E-state index in [0.29, 0.717) is 5.82 Å². The number of nitrogen functional groups attached to an aromatic ring is 1. The highest BCUT2D eigenvalue weighted by Gasteiger charge is 2.18. The number of aryl methyl sites for hydroxylation is 1. The van der Waals surface area contributed by atoms with Crippen LogP contribution in [0.4, 0.5) is 5.82 Å². The molecule has 3 heterocycles. The van der Waals surface area contributed by atoms with E-state index >= 15 is 0 Å². The third-order valence-electron chi connectivity index (χ3n) is 6.10. The number of hydrogen-bond donors (Lipinski definition) is 1. The number of likely N-dealkylation sites (tertiary alicyclic amines) is 1. The van der Waals surface area contributed by atoms with E-state index in [1.165, 1.54) is 42.6 Å². The number of nitrogens with two attached hydrogens (primary N) is 1. The van der Waals surface area contributed by atoms with Crippen LogP contribution in [-0.4, -0.2) is 38.8 Å². The molecule has 1 aliphatic rings. The highest BCUT2D eigenvalue weighted by molar-refractivity contribution is 7.98. The molecule has 5 rings (SSSR count). The molecule has 2 aromatic heterocycles. The summed E-state index contributed by atoms with van der Waals surface area (Å²) in [5, 5.41) is 2.06. The number of benzene rings is 2. The molecular weight excluding hydrogens is 390 g/mol. The Morgan fingerprint density at radius 3 is 2.60 bits per heavy atom. The standard InChI is InChI=1S/C24H27N5S/c1-16-13-17(9-10-18(16)15-28-11-5-6-12-28)14-29-22-19-7-3-4-8-20(19)26-23(25)21(22)27-24(29)30-2/h3-4,7-10,13H,5-6,11-12,14-15H2,1-2H3,(H2,25,26). The SMILES string of the molecule is CSc1nc2c(N)nc3ccccc3c2n1Cc1ccc(CN2CCCC2)c(C)c1. The summed E-state index contributed by atoms with van der Waals surface area (Å²) in [6, 6.07) is 15.1. The van der Waals surface area contributed by atoms with Crippen molar-refractivity contribution in [1.29, 1.82) is 0 Å². The zero-order valence-corrected chi connectivity index (χ0v) is 18.4. The minimum Gasteiger partial charge on any atom is -0.382 e. The predicted molar refractivity (Wildman–Crippen MR) is 126 cm³/mol. The lowest BCUT2D eigenvalue weighted by Crippen LogP contribution is -2.19. The van der Waals surface area contributed by atoms with E-state index in [4.69, 9.17) is 10.7 Å². The van der Waals surface area contributed by atoms with Crippen LogP contribution in [0.15, 0.2) is 47.6 Å². The Labute approximate surface area is 181 Å². The molecule has 1 aliphatic heterocycles. The Hall–Kier alpha value is -2.57. The van der Waals surface area contributed by atoms with Crippen molar-refractivity contribution in [2.75, 3.05) is 25.1 Å². The normalized spacial score (nSPS) is 14.9. The fraction of sp³-hybridized carbons (Fsp3) is 0.333. The van der Waals surface area contributed by atoms with Gasteiger partial charge in [-0.1, -0.05) is 48.2 Å². The van der Waals surface area contributed by atoms with Crippen molar-refractivity contribution in [2.24, 2.45) is 0 Å². The molecule has 0 aliphatic carbocycles. The Morgan fingerprint density at radius 2 is 1.83 bits per heavy atom. The second-order valence-corrected chi connectivity index (χ2v) is 8.91. The van der Waals surface area contributed by atoms with Crippen LogP contribution < -0.4 is 5.73 Å². The van der Waals surface area contributed by atoms with Crippen LogP contribution >= 0.6 is 11.8 Å². The lowest BCUT2D eigenvalue weighted by molar-refractivity contribution is 0.330. The van der Waals surface area contributed by atoms with Gasteiger partial charge in [0.2, 0.25) is 0 Å². The summed E-state index contributed by atoms with van der Waals surface area (Å²) < 4.78 is 2.29. The Morgan fingerprint density at radius 1 is 1.03 bits per heavy atom. The van der Waals surface area contributed by atoms with Crippen LogP contribution in [0.1, 0.15) is 29.5 Å². The van der Waals surface area contributed by atoms with Crippen LogP contribution in [0, 0.1) is 6.92 Å². The predicted octanol–water partition coefficient (Wildman–Crippen LogP) is 4.84. The summed E-state index contributed by atoms with van der Waals surface area (Å²) in [7, 11) is 0. The van der Waals surface area contributed by atoms with Crippen LogP contribution in [0.5, 0.6) is 0 Å². The number of para-hydroxylation sites is 1. The van der Waals surface area contributed by atoms with Gasteiger partial charge in [0.1, 0.15) is 5.52 Å². The van der Waals surface area contributed by atoms with Gasteiger partial charge in [0, 0.05) is 11.9 Å². The van der Waals surface area contributed by atoms with Crippen molar-refractivity contribution < 1.29 is 0 Å². The number of fused-ring (bicyclic) bond motifs is 3. The molecule has 0 radical (unpaired) electrons. The van der Waals surface area contributed by atoms with E-state index < -0.39 is 0 Å². The zero-order chi connectivity index (χ0) is 20.7. The maximum atomic E-state index is 6.27. The van der Waals surface area contributed by atoms with E-state index in [1.54, 1.807) is 11.8 Å². The Balaban J connectivity index is 1.55. The number of hydrogen-bond acceptors (Lipinski definition) is 5. The van der Waals surface area contributed by atoms with Gasteiger partial charge in [-0.2, -0.15) is 0 Å². The molecule has 0 amide bonds. The molecule has 0 atom stereocenters. The summed E-state index contributed by atoms with van der Waals surface area (Å²) in [6.45, 7) is 6.51. The van der Waals surface area contributed by atoms with Crippen LogP contribution in [0.3, 0.4) is 0 Å². The molecule has 6 heteroatoms. The molecule has 2 aromatic carbocycles. The lowest BCUT2D eigenvalue weighted by Gasteiger charge is -2.17. The quantitative estimate of drug-likeness (QED) is 0.471. The van der Waals surface area contributed by atoms with Gasteiger partial charge in [0.15, 0.2) is 11.0 Å². The maximum absolute atomic E-state index is 6.27. The number of anilines is 1. The molecule has 1 saturated heterocycles. The van der Waals surface area contributed by atoms with Crippen LogP contribution in [-0.2, 0) is 13.1 Å². The highest BCUT2D eigenvalue weighted by Crippen LogP contribution is 2.32. The number of rotatable bonds is 5. The molecule has 0 bridgehead atoms. The second-order valence-electron chi connectivity index (χ2n) is 8.14. The first-order chi connectivity index (χ1) is 14.6. The summed E-state index contributed by atoms with van der Waals surface area (Å²) >= 11 is 1.65. The number of pyridine rings is 1. The third-order valence-corrected chi connectivity index (χ3v) is 6.77. The van der Waals surface area contributed by atoms with E-state index in [0.717, 1.165) is 40.2 Å². The molecule has 4 aromatic rings. The molecule has 30 heavy (non-hydrogen) atoms. The molecule has 1 fully saturated rings. The van der Waals surface area contributed by atoms with Gasteiger partial charge in [-0.05, 0) is 61.9 Å². The summed E-state index contributed by atoms with van der Waals surface area (Å²) in [4.78, 5) is 11.9. The minimum atomic E-state index is 0.495. The van der Waals surface area contributed by atoms with Gasteiger partial charge >= 0.3 is 0 Å². The Kier molecular flexibility index (Phi) is 5.13. The van der Waals surface area contributed by atoms with Gasteiger partial charge in [0.05, 0.1) is 17.6 Å². The molecule has 154 valence electrons. The van der Waals surface area contributed by atoms with Gasteiger partial charge < -0.3 is 10.3 Å². The van der Waals surface area contributed by atoms with E-state index in [1.807, 2.05) is 18.2 Å². The Bertz CT molecular complexity index is 1220. The molecule has 0 saturated carbocycles. The fourth-order valence-corrected chi connectivity index (χ4v) is 5.10. The first kappa shape index (κ1) is 19.4. The van der Waals surface area contributed by atoms with Gasteiger partial charge in [0.25, 0.3) is 0 Å². The highest BCUT2D eigenvalue weighted by atomic mass is 32.2. The molecule has 0 spiro atoms. The first-order valence-corrected chi connectivity index (χ1v) is 11.8. The van der Waals surface area contributed by atoms with Gasteiger partial charge in [-0.25, -0.2) is 9.97 Å². The number of aromatic nitrogens is 3. The topological polar surface area (TPSA) is 60.0 Å². The summed E-state index contributed by atoms with van der Waals surface area (Å²) in [5.74, 6) is 0.495. The van der Waals surface area contributed by atoms with Crippen molar-refractivity contribution in [2.45, 2.75) is 38.0 Å². The lowest BCUT2D eigenvalue weighted by atomic mass is 10.0. The third kappa shape index (κ3) is 3.44. The van der Waals surface area contributed by atoms with E-state index in [9.17, 15) is 0 Å². The average Bonchev–Trinajstić information content (AvgIpc) is 3.38. The van der Waals surface area contributed by atoms with Crippen LogP contribution in [0.25, 0.3) is 21.9 Å². The minimum absolute atomic E-state index is 0.495. The van der Waals surface area contributed by atoms with Crippen molar-refractivity contribution in [3.8, 4) is 0 Å². The summed E-state index contributed by atoms with van der Waals surface area (Å²) in [5.41, 5.74) is 13.1. The molecule has 0 unspecified atom stereocenters. The first-order valence-electron chi connectivity index (χ1n) is 10.5. The van der Waals surface area contributed by atoms with Crippen molar-refractivity contribution >= 4 is 39.5 Å². The number of nitrogens with zero attached hydrogens (tertiary/aromatic N) is 4. The average molecular weight is 418 g/mol.